The Morgan fingerprint density at radius 1 is 0.614 bits per heavy atom. The van der Waals surface area contributed by atoms with Gasteiger partial charge >= 0.3 is 0 Å². The molecule has 0 spiro atoms. The molecule has 1 aliphatic carbocycles. The van der Waals surface area contributed by atoms with Gasteiger partial charge in [0.2, 0.25) is 0 Å². The topological polar surface area (TPSA) is 26.0 Å². The van der Waals surface area contributed by atoms with Gasteiger partial charge < -0.3 is 5.73 Å². The number of benzene rings is 6. The van der Waals surface area contributed by atoms with Gasteiger partial charge in [0.1, 0.15) is 0 Å². The summed E-state index contributed by atoms with van der Waals surface area (Å²) in [5, 5.41) is 5.10. The highest BCUT2D eigenvalue weighted by molar-refractivity contribution is 7.26. The molecule has 1 aromatic heterocycles. The first-order valence-corrected chi connectivity index (χ1v) is 15.9. The van der Waals surface area contributed by atoms with Gasteiger partial charge in [-0.25, -0.2) is 0 Å². The fraction of sp³-hybridized carbons (Fsp3) is 0.0476. The number of rotatable bonds is 5. The molecule has 0 aliphatic heterocycles. The molecule has 0 radical (unpaired) electrons. The molecule has 2 N–H and O–H groups in total. The summed E-state index contributed by atoms with van der Waals surface area (Å²) < 4.78 is 2.62. The third kappa shape index (κ3) is 4.30. The van der Waals surface area contributed by atoms with Crippen LogP contribution < -0.4 is 5.73 Å². The summed E-state index contributed by atoms with van der Waals surface area (Å²) in [5.41, 5.74) is 15.9. The van der Waals surface area contributed by atoms with Crippen LogP contribution in [0.25, 0.3) is 58.8 Å². The molecule has 1 aliphatic rings. The molecule has 1 unspecified atom stereocenters. The minimum absolute atomic E-state index is 0.117. The van der Waals surface area contributed by atoms with Gasteiger partial charge in [-0.2, -0.15) is 0 Å². The number of anilines is 1. The van der Waals surface area contributed by atoms with Crippen molar-refractivity contribution in [2.75, 3.05) is 5.73 Å². The quantitative estimate of drug-likeness (QED) is 0.201. The Labute approximate surface area is 261 Å². The first kappa shape index (κ1) is 26.4. The summed E-state index contributed by atoms with van der Waals surface area (Å²) in [7, 11) is 0. The number of hydrogen-bond donors (Lipinski definition) is 1. The molecular weight excluding hydrogens is 551 g/mol. The summed E-state index contributed by atoms with van der Waals surface area (Å²) in [4.78, 5) is 0. The van der Waals surface area contributed by atoms with E-state index in [1.165, 1.54) is 58.8 Å². The lowest BCUT2D eigenvalue weighted by Gasteiger charge is -2.29. The summed E-state index contributed by atoms with van der Waals surface area (Å²) >= 11 is 1.88. The highest BCUT2D eigenvalue weighted by Gasteiger charge is 2.28. The second kappa shape index (κ2) is 10.8. The smallest absolute Gasteiger partial charge is 0.0434 e. The third-order valence-corrected chi connectivity index (χ3v) is 10.3. The van der Waals surface area contributed by atoms with E-state index in [2.05, 4.69) is 146 Å². The Bertz CT molecular complexity index is 2250. The zero-order chi connectivity index (χ0) is 29.6. The minimum Gasteiger partial charge on any atom is -0.398 e. The molecule has 6 aromatic carbocycles. The number of thiophene rings is 1. The summed E-state index contributed by atoms with van der Waals surface area (Å²) in [6.45, 7) is 4.60. The second-order valence-corrected chi connectivity index (χ2v) is 12.6. The zero-order valence-corrected chi connectivity index (χ0v) is 25.1. The lowest BCUT2D eigenvalue weighted by Crippen LogP contribution is -2.14. The maximum atomic E-state index is 6.75. The van der Waals surface area contributed by atoms with Crippen molar-refractivity contribution in [3.8, 4) is 22.3 Å². The molecule has 210 valence electrons. The van der Waals surface area contributed by atoms with E-state index in [-0.39, 0.29) is 11.8 Å². The fourth-order valence-electron chi connectivity index (χ4n) is 6.95. The Morgan fingerprint density at radius 2 is 1.32 bits per heavy atom. The van der Waals surface area contributed by atoms with Gasteiger partial charge in [-0.05, 0) is 56.3 Å². The fourth-order valence-corrected chi connectivity index (χ4v) is 8.20. The van der Waals surface area contributed by atoms with Gasteiger partial charge in [-0.3, -0.25) is 0 Å². The Balaban J connectivity index is 1.39. The summed E-state index contributed by atoms with van der Waals surface area (Å²) in [6.07, 6.45) is 8.94. The average Bonchev–Trinajstić information content (AvgIpc) is 3.48. The van der Waals surface area contributed by atoms with Gasteiger partial charge in [0.25, 0.3) is 0 Å². The van der Waals surface area contributed by atoms with Gasteiger partial charge in [-0.15, -0.1) is 11.3 Å². The third-order valence-electron chi connectivity index (χ3n) is 9.05. The van der Waals surface area contributed by atoms with Crippen molar-refractivity contribution >= 4 is 53.5 Å². The molecule has 7 aromatic rings. The van der Waals surface area contributed by atoms with Crippen molar-refractivity contribution in [3.63, 3.8) is 0 Å². The number of nitrogens with two attached hydrogens (primary N) is 1. The molecular formula is C42H31NS. The van der Waals surface area contributed by atoms with Crippen molar-refractivity contribution in [1.29, 1.82) is 0 Å². The molecule has 1 heterocycles. The van der Waals surface area contributed by atoms with Crippen molar-refractivity contribution < 1.29 is 0 Å². The normalized spacial score (nSPS) is 16.2. The first-order valence-electron chi connectivity index (χ1n) is 15.1. The van der Waals surface area contributed by atoms with Crippen LogP contribution in [0.1, 0.15) is 17.0 Å². The number of allylic oxidation sites excluding steroid dienone is 5. The molecule has 0 amide bonds. The second-order valence-electron chi connectivity index (χ2n) is 11.5. The van der Waals surface area contributed by atoms with E-state index in [4.69, 9.17) is 5.73 Å². The molecule has 0 saturated carbocycles. The van der Waals surface area contributed by atoms with E-state index in [0.29, 0.717) is 0 Å². The van der Waals surface area contributed by atoms with E-state index in [1.54, 1.807) is 0 Å². The highest BCUT2D eigenvalue weighted by Crippen LogP contribution is 2.49. The number of fused-ring (bicyclic) bond motifs is 5. The van der Waals surface area contributed by atoms with Crippen LogP contribution in [-0.2, 0) is 0 Å². The first-order chi connectivity index (χ1) is 21.7. The zero-order valence-electron chi connectivity index (χ0n) is 24.3. The van der Waals surface area contributed by atoms with Gasteiger partial charge in [0.15, 0.2) is 0 Å². The van der Waals surface area contributed by atoms with Crippen LogP contribution in [0.5, 0.6) is 0 Å². The largest absolute Gasteiger partial charge is 0.398 e. The maximum Gasteiger partial charge on any atom is 0.0434 e. The van der Waals surface area contributed by atoms with Crippen molar-refractivity contribution in [2.45, 2.75) is 5.92 Å². The predicted octanol–water partition coefficient (Wildman–Crippen LogP) is 11.7. The van der Waals surface area contributed by atoms with Crippen molar-refractivity contribution in [3.05, 3.63) is 169 Å². The Kier molecular flexibility index (Phi) is 6.51. The van der Waals surface area contributed by atoms with Gasteiger partial charge in [0, 0.05) is 43.3 Å². The highest BCUT2D eigenvalue weighted by atomic mass is 32.1. The van der Waals surface area contributed by atoms with E-state index in [0.717, 1.165) is 16.8 Å². The number of nitrogen functional groups attached to an aromatic ring is 1. The molecule has 44 heavy (non-hydrogen) atoms. The van der Waals surface area contributed by atoms with Crippen LogP contribution in [0, 0.1) is 5.92 Å². The standard InChI is InChI=1S/C42H31NS/c1-27(28-13-4-2-5-14-28)30-17-8-9-18-32(30)33-23-24-35-34(40(33)36-19-10-11-22-38(36)43)25-26-39-41(35)37-21-12-20-31(42(37)44-39)29-15-6-3-7-16-29/h2-26,30,32H,1,43H2/t30-,32?/m1/s1. The molecule has 0 saturated heterocycles. The Hall–Kier alpha value is -5.18. The molecule has 8 rings (SSSR count). The van der Waals surface area contributed by atoms with E-state index in [9.17, 15) is 0 Å². The maximum absolute atomic E-state index is 6.75. The van der Waals surface area contributed by atoms with Crippen LogP contribution in [0.15, 0.2) is 158 Å². The van der Waals surface area contributed by atoms with Crippen LogP contribution >= 0.6 is 11.3 Å². The van der Waals surface area contributed by atoms with Gasteiger partial charge in [-0.1, -0.05) is 146 Å². The van der Waals surface area contributed by atoms with E-state index >= 15 is 0 Å². The minimum atomic E-state index is 0.117. The molecule has 1 nitrogen and oxygen atoms in total. The molecule has 0 bridgehead atoms. The number of hydrogen-bond acceptors (Lipinski definition) is 2. The lowest BCUT2D eigenvalue weighted by atomic mass is 9.74. The van der Waals surface area contributed by atoms with E-state index in [1.807, 2.05) is 23.5 Å². The van der Waals surface area contributed by atoms with Crippen molar-refractivity contribution in [1.82, 2.24) is 0 Å². The number of para-hydroxylation sites is 1. The molecule has 2 atom stereocenters. The molecule has 2 heteroatoms. The van der Waals surface area contributed by atoms with Crippen LogP contribution in [0.4, 0.5) is 5.69 Å². The summed E-state index contributed by atoms with van der Waals surface area (Å²) in [6, 6.07) is 45.5. The Morgan fingerprint density at radius 3 is 2.14 bits per heavy atom. The molecule has 0 fully saturated rings. The SMILES string of the molecule is C=C(c1ccccc1)[C@H]1C=CC=CC1c1ccc2c(ccc3sc4c(-c5ccccc5)cccc4c32)c1-c1ccccc1N. The van der Waals surface area contributed by atoms with Crippen molar-refractivity contribution in [2.24, 2.45) is 5.92 Å². The predicted molar refractivity (Wildman–Crippen MR) is 192 cm³/mol. The lowest BCUT2D eigenvalue weighted by molar-refractivity contribution is 0.719. The van der Waals surface area contributed by atoms with Gasteiger partial charge in [0.05, 0.1) is 0 Å². The van der Waals surface area contributed by atoms with Crippen LogP contribution in [0.3, 0.4) is 0 Å². The summed E-state index contributed by atoms with van der Waals surface area (Å²) in [5.74, 6) is 0.244. The monoisotopic (exact) mass is 581 g/mol. The van der Waals surface area contributed by atoms with Crippen LogP contribution in [0.2, 0.25) is 0 Å². The average molecular weight is 582 g/mol. The van der Waals surface area contributed by atoms with E-state index < -0.39 is 0 Å². The van der Waals surface area contributed by atoms with Crippen LogP contribution in [-0.4, -0.2) is 0 Å².